The minimum atomic E-state index is -0.0370. The van der Waals surface area contributed by atoms with Gasteiger partial charge in [-0.2, -0.15) is 0 Å². The van der Waals surface area contributed by atoms with Crippen molar-refractivity contribution in [3.8, 4) is 0 Å². The highest BCUT2D eigenvalue weighted by molar-refractivity contribution is 7.14. The molecule has 0 unspecified atom stereocenters. The van der Waals surface area contributed by atoms with Crippen molar-refractivity contribution in [1.29, 1.82) is 0 Å². The number of piperazine rings is 1. The molecule has 2 aromatic heterocycles. The Morgan fingerprint density at radius 2 is 1.95 bits per heavy atom. The van der Waals surface area contributed by atoms with Gasteiger partial charge >= 0.3 is 0 Å². The fourth-order valence-electron chi connectivity index (χ4n) is 2.20. The molecule has 0 bridgehead atoms. The molecule has 1 aliphatic rings. The molecule has 0 saturated carbocycles. The molecule has 0 aliphatic carbocycles. The van der Waals surface area contributed by atoms with Gasteiger partial charge in [0.05, 0.1) is 17.3 Å². The number of thiophene rings is 1. The van der Waals surface area contributed by atoms with Crippen LogP contribution in [0.2, 0.25) is 0 Å². The van der Waals surface area contributed by atoms with Crippen LogP contribution < -0.4 is 9.80 Å². The molecule has 3 rings (SSSR count). The molecule has 0 amide bonds. The van der Waals surface area contributed by atoms with Crippen LogP contribution in [-0.4, -0.2) is 41.3 Å². The van der Waals surface area contributed by atoms with Crippen LogP contribution in [0.25, 0.3) is 0 Å². The number of aromatic nitrogens is 2. The van der Waals surface area contributed by atoms with Gasteiger partial charge in [0.1, 0.15) is 0 Å². The summed E-state index contributed by atoms with van der Waals surface area (Å²) in [5.74, 6) is 0.720. The van der Waals surface area contributed by atoms with E-state index in [4.69, 9.17) is 5.11 Å². The molecule has 0 spiro atoms. The second-order valence-electron chi connectivity index (χ2n) is 4.43. The number of aliphatic hydroxyl groups excluding tert-OH is 1. The number of hydrogen-bond acceptors (Lipinski definition) is 6. The summed E-state index contributed by atoms with van der Waals surface area (Å²) in [6.07, 6.45) is 1.71. The van der Waals surface area contributed by atoms with Gasteiger partial charge in [0.25, 0.3) is 0 Å². The van der Waals surface area contributed by atoms with Crippen LogP contribution >= 0.6 is 11.3 Å². The lowest BCUT2D eigenvalue weighted by atomic mass is 10.3. The van der Waals surface area contributed by atoms with Crippen LogP contribution in [0, 0.1) is 0 Å². The van der Waals surface area contributed by atoms with E-state index in [1.165, 1.54) is 5.00 Å². The summed E-state index contributed by atoms with van der Waals surface area (Å²) >= 11 is 1.78. The maximum absolute atomic E-state index is 9.11. The molecule has 1 fully saturated rings. The van der Waals surface area contributed by atoms with E-state index in [0.717, 1.165) is 32.1 Å². The number of nitrogens with zero attached hydrogens (tertiary/aromatic N) is 4. The van der Waals surface area contributed by atoms with E-state index in [1.807, 2.05) is 0 Å². The average Bonchev–Trinajstić information content (AvgIpc) is 3.02. The van der Waals surface area contributed by atoms with Crippen LogP contribution in [0.5, 0.6) is 0 Å². The molecular weight excluding hydrogens is 260 g/mol. The minimum Gasteiger partial charge on any atom is -0.390 e. The van der Waals surface area contributed by atoms with E-state index in [-0.39, 0.29) is 6.61 Å². The molecule has 2 aromatic rings. The molecule has 5 nitrogen and oxygen atoms in total. The third kappa shape index (κ3) is 2.69. The van der Waals surface area contributed by atoms with Crippen molar-refractivity contribution in [3.05, 3.63) is 35.5 Å². The van der Waals surface area contributed by atoms with Gasteiger partial charge in [-0.15, -0.1) is 11.3 Å². The van der Waals surface area contributed by atoms with E-state index in [2.05, 4.69) is 37.3 Å². The highest BCUT2D eigenvalue weighted by Crippen LogP contribution is 2.23. The molecule has 0 aromatic carbocycles. The zero-order chi connectivity index (χ0) is 13.1. The van der Waals surface area contributed by atoms with E-state index in [1.54, 1.807) is 23.6 Å². The largest absolute Gasteiger partial charge is 0.390 e. The van der Waals surface area contributed by atoms with Crippen molar-refractivity contribution >= 4 is 22.3 Å². The summed E-state index contributed by atoms with van der Waals surface area (Å²) < 4.78 is 0. The van der Waals surface area contributed by atoms with E-state index < -0.39 is 0 Å². The predicted molar refractivity (Wildman–Crippen MR) is 76.7 cm³/mol. The molecule has 3 heterocycles. The van der Waals surface area contributed by atoms with E-state index in [9.17, 15) is 0 Å². The predicted octanol–water partition coefficient (Wildman–Crippen LogP) is 1.36. The van der Waals surface area contributed by atoms with Crippen molar-refractivity contribution in [3.63, 3.8) is 0 Å². The standard InChI is InChI=1S/C13H16N4OS/c18-10-11-3-4-14-13(15-11)17-7-5-16(6-8-17)12-2-1-9-19-12/h1-4,9,18H,5-8,10H2. The summed E-state index contributed by atoms with van der Waals surface area (Å²) in [5.41, 5.74) is 0.672. The van der Waals surface area contributed by atoms with Crippen molar-refractivity contribution in [2.24, 2.45) is 0 Å². The number of rotatable bonds is 3. The number of anilines is 2. The molecule has 100 valence electrons. The first-order valence-corrected chi connectivity index (χ1v) is 7.21. The quantitative estimate of drug-likeness (QED) is 0.917. The van der Waals surface area contributed by atoms with Crippen LogP contribution in [-0.2, 0) is 6.61 Å². The van der Waals surface area contributed by atoms with Crippen LogP contribution in [0.1, 0.15) is 5.69 Å². The van der Waals surface area contributed by atoms with Gasteiger partial charge < -0.3 is 14.9 Å². The monoisotopic (exact) mass is 276 g/mol. The molecular formula is C13H16N4OS. The average molecular weight is 276 g/mol. The topological polar surface area (TPSA) is 52.5 Å². The molecule has 6 heteroatoms. The Bertz CT molecular complexity index is 523. The Balaban J connectivity index is 1.66. The molecule has 0 atom stereocenters. The summed E-state index contributed by atoms with van der Waals surface area (Å²) in [6, 6.07) is 5.98. The fraction of sp³-hybridized carbons (Fsp3) is 0.385. The summed E-state index contributed by atoms with van der Waals surface area (Å²) in [7, 11) is 0. The first-order valence-electron chi connectivity index (χ1n) is 6.33. The van der Waals surface area contributed by atoms with Crippen molar-refractivity contribution in [1.82, 2.24) is 9.97 Å². The Hall–Kier alpha value is -1.66. The third-order valence-corrected chi connectivity index (χ3v) is 4.17. The second kappa shape index (κ2) is 5.54. The Morgan fingerprint density at radius 1 is 1.16 bits per heavy atom. The van der Waals surface area contributed by atoms with Crippen LogP contribution in [0.3, 0.4) is 0 Å². The fourth-order valence-corrected chi connectivity index (χ4v) is 2.99. The lowest BCUT2D eigenvalue weighted by Crippen LogP contribution is -2.46. The van der Waals surface area contributed by atoms with Crippen molar-refractivity contribution in [2.45, 2.75) is 6.61 Å². The zero-order valence-electron chi connectivity index (χ0n) is 10.6. The molecule has 1 N–H and O–H groups in total. The summed E-state index contributed by atoms with van der Waals surface area (Å²) in [4.78, 5) is 13.2. The van der Waals surface area contributed by atoms with Gasteiger partial charge in [-0.3, -0.25) is 0 Å². The van der Waals surface area contributed by atoms with Gasteiger partial charge in [0.2, 0.25) is 5.95 Å². The first-order chi connectivity index (χ1) is 9.36. The van der Waals surface area contributed by atoms with E-state index >= 15 is 0 Å². The number of hydrogen-bond donors (Lipinski definition) is 1. The highest BCUT2D eigenvalue weighted by atomic mass is 32.1. The number of aliphatic hydroxyl groups is 1. The van der Waals surface area contributed by atoms with Gasteiger partial charge in [0, 0.05) is 32.4 Å². The lowest BCUT2D eigenvalue weighted by Gasteiger charge is -2.35. The summed E-state index contributed by atoms with van der Waals surface area (Å²) in [6.45, 7) is 3.74. The lowest BCUT2D eigenvalue weighted by molar-refractivity contribution is 0.276. The van der Waals surface area contributed by atoms with E-state index in [0.29, 0.717) is 5.69 Å². The smallest absolute Gasteiger partial charge is 0.225 e. The maximum Gasteiger partial charge on any atom is 0.225 e. The van der Waals surface area contributed by atoms with Gasteiger partial charge in [-0.1, -0.05) is 0 Å². The molecule has 1 aliphatic heterocycles. The minimum absolute atomic E-state index is 0.0370. The Labute approximate surface area is 116 Å². The van der Waals surface area contributed by atoms with Crippen molar-refractivity contribution < 1.29 is 5.11 Å². The Morgan fingerprint density at radius 3 is 2.63 bits per heavy atom. The van der Waals surface area contributed by atoms with Gasteiger partial charge in [0.15, 0.2) is 0 Å². The zero-order valence-corrected chi connectivity index (χ0v) is 11.4. The normalized spacial score (nSPS) is 15.8. The third-order valence-electron chi connectivity index (χ3n) is 3.24. The van der Waals surface area contributed by atoms with Gasteiger partial charge in [-0.05, 0) is 23.6 Å². The molecule has 0 radical (unpaired) electrons. The van der Waals surface area contributed by atoms with Gasteiger partial charge in [-0.25, -0.2) is 9.97 Å². The highest BCUT2D eigenvalue weighted by Gasteiger charge is 2.19. The molecule has 1 saturated heterocycles. The molecule has 19 heavy (non-hydrogen) atoms. The van der Waals surface area contributed by atoms with Crippen LogP contribution in [0.4, 0.5) is 10.9 Å². The maximum atomic E-state index is 9.11. The van der Waals surface area contributed by atoms with Crippen molar-refractivity contribution in [2.75, 3.05) is 36.0 Å². The Kier molecular flexibility index (Phi) is 3.61. The SMILES string of the molecule is OCc1ccnc(N2CCN(c3cccs3)CC2)n1. The summed E-state index contributed by atoms with van der Waals surface area (Å²) in [5, 5.41) is 12.5. The first kappa shape index (κ1) is 12.4. The van der Waals surface area contributed by atoms with Crippen LogP contribution in [0.15, 0.2) is 29.8 Å². The second-order valence-corrected chi connectivity index (χ2v) is 5.36.